The Labute approximate surface area is 128 Å². The van der Waals surface area contributed by atoms with Gasteiger partial charge in [-0.25, -0.2) is 13.6 Å². The minimum atomic E-state index is -4.42. The summed E-state index contributed by atoms with van der Waals surface area (Å²) in [6.07, 6.45) is 0. The molecule has 1 aliphatic heterocycles. The Morgan fingerprint density at radius 2 is 1.55 bits per heavy atom. The second kappa shape index (κ2) is 7.60. The second-order valence-electron chi connectivity index (χ2n) is 4.56. The van der Waals surface area contributed by atoms with Crippen LogP contribution in [0, 0.1) is 0 Å². The van der Waals surface area contributed by atoms with Crippen LogP contribution in [0.5, 0.6) is 12.0 Å². The number of likely N-dealkylation sites (N-methyl/N-ethyl adjacent to an activating group) is 1. The van der Waals surface area contributed by atoms with Crippen LogP contribution < -0.4 is 19.1 Å². The van der Waals surface area contributed by atoms with Crippen molar-refractivity contribution < 1.29 is 27.2 Å². The van der Waals surface area contributed by atoms with E-state index in [1.165, 1.54) is 14.2 Å². The zero-order valence-corrected chi connectivity index (χ0v) is 13.4. The minimum absolute atomic E-state index is 0.276. The number of nitrogens with two attached hydrogens (primary N) is 1. The summed E-state index contributed by atoms with van der Waals surface area (Å²) in [6, 6.07) is 0.551. The normalized spacial score (nSPS) is 17.1. The molecular formula is C10H19N5O6S. The lowest BCUT2D eigenvalue weighted by Gasteiger charge is -2.34. The summed E-state index contributed by atoms with van der Waals surface area (Å²) in [4.78, 5) is 12.6. The molecule has 126 valence electrons. The van der Waals surface area contributed by atoms with E-state index < -0.39 is 10.3 Å². The van der Waals surface area contributed by atoms with Gasteiger partial charge in [-0.15, -0.1) is 15.0 Å². The Hall–Kier alpha value is -1.60. The smallest absolute Gasteiger partial charge is 0.338 e. The highest BCUT2D eigenvalue weighted by Gasteiger charge is 2.32. The molecule has 2 heterocycles. The predicted octanol–water partition coefficient (Wildman–Crippen LogP) is -1.74. The van der Waals surface area contributed by atoms with Gasteiger partial charge in [-0.1, -0.05) is 0 Å². The third kappa shape index (κ3) is 6.03. The van der Waals surface area contributed by atoms with E-state index in [0.717, 1.165) is 13.1 Å². The molecule has 1 aromatic rings. The highest BCUT2D eigenvalue weighted by Crippen LogP contribution is 2.22. The minimum Gasteiger partial charge on any atom is -0.736 e. The molecule has 2 N–H and O–H groups in total. The first-order valence-corrected chi connectivity index (χ1v) is 7.65. The molecule has 11 nitrogen and oxygen atoms in total. The number of rotatable bonds is 3. The number of quaternary nitrogens is 1. The average molecular weight is 337 g/mol. The van der Waals surface area contributed by atoms with Crippen molar-refractivity contribution in [3.63, 3.8) is 0 Å². The van der Waals surface area contributed by atoms with Crippen molar-refractivity contribution in [1.82, 2.24) is 19.4 Å². The van der Waals surface area contributed by atoms with Crippen LogP contribution in [0.15, 0.2) is 0 Å². The van der Waals surface area contributed by atoms with Gasteiger partial charge in [-0.3, -0.25) is 4.48 Å². The van der Waals surface area contributed by atoms with Crippen molar-refractivity contribution in [3.05, 3.63) is 0 Å². The van der Waals surface area contributed by atoms with E-state index >= 15 is 0 Å². The fourth-order valence-corrected chi connectivity index (χ4v) is 1.70. The Balaban J connectivity index is 0.000000422. The van der Waals surface area contributed by atoms with Gasteiger partial charge in [-0.05, 0) is 0 Å². The first kappa shape index (κ1) is 18.4. The van der Waals surface area contributed by atoms with Gasteiger partial charge in [0.15, 0.2) is 10.3 Å². The summed E-state index contributed by atoms with van der Waals surface area (Å²) in [5.41, 5.74) is 0. The highest BCUT2D eigenvalue weighted by atomic mass is 32.2. The molecule has 22 heavy (non-hydrogen) atoms. The van der Waals surface area contributed by atoms with Crippen LogP contribution in [0.3, 0.4) is 0 Å². The average Bonchev–Trinajstić information content (AvgIpc) is 2.45. The van der Waals surface area contributed by atoms with Crippen molar-refractivity contribution in [2.45, 2.75) is 0 Å². The van der Waals surface area contributed by atoms with Gasteiger partial charge in [0.25, 0.3) is 0 Å². The Morgan fingerprint density at radius 3 is 1.91 bits per heavy atom. The van der Waals surface area contributed by atoms with Crippen LogP contribution in [0.1, 0.15) is 0 Å². The maximum absolute atomic E-state index is 8.85. The van der Waals surface area contributed by atoms with E-state index in [2.05, 4.69) is 27.1 Å². The van der Waals surface area contributed by atoms with Gasteiger partial charge in [-0.2, -0.15) is 0 Å². The summed E-state index contributed by atoms with van der Waals surface area (Å²) in [7, 11) is 0.701. The number of hydrogen-bond acceptors (Lipinski definition) is 9. The van der Waals surface area contributed by atoms with Crippen molar-refractivity contribution >= 4 is 16.3 Å². The molecule has 1 aromatic heterocycles. The molecule has 0 unspecified atom stereocenters. The van der Waals surface area contributed by atoms with Crippen LogP contribution in [0.2, 0.25) is 0 Å². The van der Waals surface area contributed by atoms with Gasteiger partial charge in [0, 0.05) is 0 Å². The van der Waals surface area contributed by atoms with Crippen LogP contribution in [-0.2, 0) is 15.0 Å². The molecule has 1 aliphatic rings. The standard InChI is InChI=1S/C10H17N4O3.H3NO3S/c1-14(4-6-17-7-5-14)8-11-9(15-2)13-10(12-8)16-3;1-5(2,3)4/h4-7H2,1-3H3;(H3,1,2,3,4)/q+1;/p-1. The fourth-order valence-electron chi connectivity index (χ4n) is 1.70. The molecule has 1 saturated heterocycles. The summed E-state index contributed by atoms with van der Waals surface area (Å²) in [5.74, 6) is 0.650. The molecule has 0 bridgehead atoms. The molecule has 12 heteroatoms. The number of morpholine rings is 1. The summed E-state index contributed by atoms with van der Waals surface area (Å²) < 4.78 is 42.6. The highest BCUT2D eigenvalue weighted by molar-refractivity contribution is 7.83. The van der Waals surface area contributed by atoms with Crippen molar-refractivity contribution in [2.75, 3.05) is 47.6 Å². The SMILES string of the molecule is COc1nc(OC)nc([N+]2(C)CCOCC2)n1.NS(=O)(=O)[O-]. The maximum atomic E-state index is 8.85. The Kier molecular flexibility index (Phi) is 6.37. The number of hydrogen-bond donors (Lipinski definition) is 1. The quantitative estimate of drug-likeness (QED) is 0.501. The summed E-state index contributed by atoms with van der Waals surface area (Å²) in [5, 5.41) is 3.77. The van der Waals surface area contributed by atoms with Crippen molar-refractivity contribution in [2.24, 2.45) is 5.14 Å². The largest absolute Gasteiger partial charge is 0.736 e. The van der Waals surface area contributed by atoms with Crippen LogP contribution in [-0.4, -0.2) is 75.5 Å². The second-order valence-corrected chi connectivity index (χ2v) is 5.54. The number of methoxy groups -OCH3 is 2. The topological polar surface area (TPSA) is 150 Å². The monoisotopic (exact) mass is 337 g/mol. The van der Waals surface area contributed by atoms with E-state index in [1.54, 1.807) is 0 Å². The Bertz CT molecular complexity index is 559. The summed E-state index contributed by atoms with van der Waals surface area (Å²) >= 11 is 0. The summed E-state index contributed by atoms with van der Waals surface area (Å²) in [6.45, 7) is 3.06. The maximum Gasteiger partial charge on any atom is 0.338 e. The van der Waals surface area contributed by atoms with Crippen LogP contribution >= 0.6 is 0 Å². The zero-order chi connectivity index (χ0) is 16.8. The van der Waals surface area contributed by atoms with Crippen LogP contribution in [0.25, 0.3) is 0 Å². The molecule has 0 spiro atoms. The van der Waals surface area contributed by atoms with Crippen molar-refractivity contribution in [3.8, 4) is 12.0 Å². The van der Waals surface area contributed by atoms with Gasteiger partial charge in [0.1, 0.15) is 13.1 Å². The van der Waals surface area contributed by atoms with E-state index in [0.29, 0.717) is 23.6 Å². The molecule has 0 radical (unpaired) electrons. The lowest BCUT2D eigenvalue weighted by molar-refractivity contribution is 0.0489. The first-order valence-electron chi connectivity index (χ1n) is 6.18. The molecular weight excluding hydrogens is 318 g/mol. The fraction of sp³-hybridized carbons (Fsp3) is 0.700. The number of nitrogens with zero attached hydrogens (tertiary/aromatic N) is 4. The molecule has 2 rings (SSSR count). The van der Waals surface area contributed by atoms with Crippen molar-refractivity contribution in [1.29, 1.82) is 0 Å². The van der Waals surface area contributed by atoms with Gasteiger partial charge < -0.3 is 18.8 Å². The van der Waals surface area contributed by atoms with Gasteiger partial charge in [0.05, 0.1) is 34.5 Å². The van der Waals surface area contributed by atoms with Gasteiger partial charge >= 0.3 is 18.0 Å². The molecule has 0 saturated carbocycles. The van der Waals surface area contributed by atoms with E-state index in [4.69, 9.17) is 27.2 Å². The first-order chi connectivity index (χ1) is 10.2. The zero-order valence-electron chi connectivity index (χ0n) is 12.6. The third-order valence-corrected chi connectivity index (χ3v) is 2.89. The Morgan fingerprint density at radius 1 is 1.14 bits per heavy atom. The molecule has 0 amide bonds. The number of ether oxygens (including phenoxy) is 3. The number of aromatic nitrogens is 3. The van der Waals surface area contributed by atoms with E-state index in [-0.39, 0.29) is 12.0 Å². The molecule has 0 aliphatic carbocycles. The van der Waals surface area contributed by atoms with Crippen LogP contribution in [0.4, 0.5) is 5.95 Å². The van der Waals surface area contributed by atoms with Gasteiger partial charge in [0.2, 0.25) is 0 Å². The molecule has 0 atom stereocenters. The molecule has 1 fully saturated rings. The van der Waals surface area contributed by atoms with E-state index in [1.807, 2.05) is 0 Å². The lowest BCUT2D eigenvalue weighted by atomic mass is 10.4. The predicted molar refractivity (Wildman–Crippen MR) is 75.1 cm³/mol. The van der Waals surface area contributed by atoms with E-state index in [9.17, 15) is 0 Å². The molecule has 0 aromatic carbocycles. The lowest BCUT2D eigenvalue weighted by Crippen LogP contribution is -2.54. The third-order valence-electron chi connectivity index (χ3n) is 2.89.